The van der Waals surface area contributed by atoms with Gasteiger partial charge in [0.2, 0.25) is 0 Å². The highest BCUT2D eigenvalue weighted by Gasteiger charge is 2.08. The summed E-state index contributed by atoms with van der Waals surface area (Å²) >= 11 is 0. The Kier molecular flexibility index (Phi) is 2.69. The molecule has 0 aliphatic heterocycles. The van der Waals surface area contributed by atoms with Crippen molar-refractivity contribution in [1.82, 2.24) is 4.90 Å². The summed E-state index contributed by atoms with van der Waals surface area (Å²) in [5.41, 5.74) is 0. The van der Waals surface area contributed by atoms with Crippen LogP contribution in [0.15, 0.2) is 24.3 Å². The van der Waals surface area contributed by atoms with Crippen LogP contribution >= 0.6 is 0 Å². The lowest BCUT2D eigenvalue weighted by Gasteiger charge is -2.23. The highest BCUT2D eigenvalue weighted by Crippen LogP contribution is 2.08. The molecule has 0 spiro atoms. The normalized spacial score (nSPS) is 24.1. The lowest BCUT2D eigenvalue weighted by Crippen LogP contribution is -2.29. The van der Waals surface area contributed by atoms with E-state index in [4.69, 9.17) is 0 Å². The maximum absolute atomic E-state index is 2.35. The Morgan fingerprint density at radius 3 is 2.80 bits per heavy atom. The van der Waals surface area contributed by atoms with Gasteiger partial charge in [-0.1, -0.05) is 31.2 Å². The van der Waals surface area contributed by atoms with Gasteiger partial charge in [-0.2, -0.15) is 0 Å². The Morgan fingerprint density at radius 2 is 2.30 bits per heavy atom. The fraction of sp³-hybridized carbons (Fsp3) is 0.556. The SMILES string of the molecule is CCN(C)C1C=CC=CC1. The molecule has 0 heterocycles. The lowest BCUT2D eigenvalue weighted by molar-refractivity contribution is 0.297. The zero-order valence-corrected chi connectivity index (χ0v) is 6.75. The van der Waals surface area contributed by atoms with Crippen molar-refractivity contribution in [2.24, 2.45) is 0 Å². The van der Waals surface area contributed by atoms with E-state index in [2.05, 4.69) is 43.2 Å². The van der Waals surface area contributed by atoms with Crippen LogP contribution in [0.4, 0.5) is 0 Å². The zero-order chi connectivity index (χ0) is 7.40. The van der Waals surface area contributed by atoms with Gasteiger partial charge < -0.3 is 0 Å². The number of hydrogen-bond acceptors (Lipinski definition) is 1. The molecule has 0 bridgehead atoms. The van der Waals surface area contributed by atoms with E-state index in [0.29, 0.717) is 6.04 Å². The maximum Gasteiger partial charge on any atom is 0.0312 e. The van der Waals surface area contributed by atoms with Crippen LogP contribution in [0, 0.1) is 0 Å². The van der Waals surface area contributed by atoms with Crippen molar-refractivity contribution < 1.29 is 0 Å². The van der Waals surface area contributed by atoms with Crippen LogP contribution < -0.4 is 0 Å². The number of allylic oxidation sites excluding steroid dienone is 2. The zero-order valence-electron chi connectivity index (χ0n) is 6.75. The third-order valence-electron chi connectivity index (χ3n) is 2.02. The van der Waals surface area contributed by atoms with Crippen molar-refractivity contribution >= 4 is 0 Å². The minimum atomic E-state index is 0.634. The Bertz CT molecular complexity index is 147. The van der Waals surface area contributed by atoms with Gasteiger partial charge in [0.15, 0.2) is 0 Å². The number of nitrogens with zero attached hydrogens (tertiary/aromatic N) is 1. The molecule has 1 aliphatic carbocycles. The Morgan fingerprint density at radius 1 is 1.50 bits per heavy atom. The minimum absolute atomic E-state index is 0.634. The molecular formula is C9H15N. The van der Waals surface area contributed by atoms with Crippen LogP contribution in [-0.4, -0.2) is 24.5 Å². The Labute approximate surface area is 63.0 Å². The highest BCUT2D eigenvalue weighted by molar-refractivity contribution is 5.13. The molecule has 1 heteroatoms. The van der Waals surface area contributed by atoms with Gasteiger partial charge in [0.25, 0.3) is 0 Å². The number of likely N-dealkylation sites (N-methyl/N-ethyl adjacent to an activating group) is 1. The van der Waals surface area contributed by atoms with Crippen LogP contribution in [0.1, 0.15) is 13.3 Å². The molecule has 0 aromatic rings. The van der Waals surface area contributed by atoms with E-state index in [1.807, 2.05) is 0 Å². The smallest absolute Gasteiger partial charge is 0.0312 e. The average molecular weight is 137 g/mol. The molecule has 1 unspecified atom stereocenters. The summed E-state index contributed by atoms with van der Waals surface area (Å²) in [7, 11) is 2.16. The standard InChI is InChI=1S/C9H15N/c1-3-10(2)9-7-5-4-6-8-9/h4-7,9H,3,8H2,1-2H3. The summed E-state index contributed by atoms with van der Waals surface area (Å²) < 4.78 is 0. The van der Waals surface area contributed by atoms with E-state index in [-0.39, 0.29) is 0 Å². The molecule has 56 valence electrons. The number of hydrogen-bond donors (Lipinski definition) is 0. The molecule has 0 N–H and O–H groups in total. The van der Waals surface area contributed by atoms with E-state index >= 15 is 0 Å². The average Bonchev–Trinajstić information content (AvgIpc) is 2.05. The van der Waals surface area contributed by atoms with Crippen LogP contribution in [0.3, 0.4) is 0 Å². The highest BCUT2D eigenvalue weighted by atomic mass is 15.1. The summed E-state index contributed by atoms with van der Waals surface area (Å²) in [6, 6.07) is 0.634. The molecule has 1 aliphatic rings. The van der Waals surface area contributed by atoms with Crippen molar-refractivity contribution in [2.45, 2.75) is 19.4 Å². The predicted molar refractivity (Wildman–Crippen MR) is 45.0 cm³/mol. The predicted octanol–water partition coefficient (Wildman–Crippen LogP) is 1.82. The Balaban J connectivity index is 2.42. The van der Waals surface area contributed by atoms with Gasteiger partial charge in [0, 0.05) is 6.04 Å². The van der Waals surface area contributed by atoms with Gasteiger partial charge in [-0.25, -0.2) is 0 Å². The topological polar surface area (TPSA) is 3.24 Å². The first-order valence-corrected chi connectivity index (χ1v) is 3.88. The van der Waals surface area contributed by atoms with E-state index in [9.17, 15) is 0 Å². The number of rotatable bonds is 2. The van der Waals surface area contributed by atoms with Crippen molar-refractivity contribution in [2.75, 3.05) is 13.6 Å². The van der Waals surface area contributed by atoms with Gasteiger partial charge in [-0.3, -0.25) is 4.90 Å². The largest absolute Gasteiger partial charge is 0.300 e. The lowest BCUT2D eigenvalue weighted by atomic mass is 10.1. The quantitative estimate of drug-likeness (QED) is 0.561. The molecule has 0 saturated heterocycles. The van der Waals surface area contributed by atoms with E-state index < -0.39 is 0 Å². The summed E-state index contributed by atoms with van der Waals surface area (Å²) in [4.78, 5) is 2.35. The van der Waals surface area contributed by atoms with Crippen LogP contribution in [0.25, 0.3) is 0 Å². The first-order chi connectivity index (χ1) is 4.84. The second-order valence-electron chi connectivity index (χ2n) is 2.69. The van der Waals surface area contributed by atoms with Gasteiger partial charge in [-0.05, 0) is 20.0 Å². The van der Waals surface area contributed by atoms with Crippen LogP contribution in [0.5, 0.6) is 0 Å². The first-order valence-electron chi connectivity index (χ1n) is 3.88. The first kappa shape index (κ1) is 7.55. The second-order valence-corrected chi connectivity index (χ2v) is 2.69. The molecule has 1 rings (SSSR count). The molecule has 0 amide bonds. The fourth-order valence-corrected chi connectivity index (χ4v) is 1.13. The van der Waals surface area contributed by atoms with Gasteiger partial charge in [-0.15, -0.1) is 0 Å². The third-order valence-corrected chi connectivity index (χ3v) is 2.02. The molecule has 0 radical (unpaired) electrons. The van der Waals surface area contributed by atoms with Crippen molar-refractivity contribution in [1.29, 1.82) is 0 Å². The minimum Gasteiger partial charge on any atom is -0.300 e. The van der Waals surface area contributed by atoms with E-state index in [1.165, 1.54) is 6.42 Å². The van der Waals surface area contributed by atoms with Crippen LogP contribution in [-0.2, 0) is 0 Å². The Hall–Kier alpha value is -0.560. The molecule has 0 aromatic carbocycles. The molecule has 1 atom stereocenters. The summed E-state index contributed by atoms with van der Waals surface area (Å²) in [6.07, 6.45) is 9.88. The molecule has 10 heavy (non-hydrogen) atoms. The van der Waals surface area contributed by atoms with Gasteiger partial charge in [0.1, 0.15) is 0 Å². The fourth-order valence-electron chi connectivity index (χ4n) is 1.13. The summed E-state index contributed by atoms with van der Waals surface area (Å²) in [6.45, 7) is 3.31. The van der Waals surface area contributed by atoms with Gasteiger partial charge >= 0.3 is 0 Å². The van der Waals surface area contributed by atoms with Gasteiger partial charge in [0.05, 0.1) is 0 Å². The molecular weight excluding hydrogens is 122 g/mol. The second kappa shape index (κ2) is 3.57. The monoisotopic (exact) mass is 137 g/mol. The van der Waals surface area contributed by atoms with Crippen molar-refractivity contribution in [3.8, 4) is 0 Å². The van der Waals surface area contributed by atoms with E-state index in [1.54, 1.807) is 0 Å². The van der Waals surface area contributed by atoms with Crippen molar-refractivity contribution in [3.63, 3.8) is 0 Å². The van der Waals surface area contributed by atoms with Crippen LogP contribution in [0.2, 0.25) is 0 Å². The maximum atomic E-state index is 2.35. The molecule has 0 fully saturated rings. The molecule has 0 aromatic heterocycles. The molecule has 0 saturated carbocycles. The summed E-state index contributed by atoms with van der Waals surface area (Å²) in [5, 5.41) is 0. The van der Waals surface area contributed by atoms with Crippen molar-refractivity contribution in [3.05, 3.63) is 24.3 Å². The van der Waals surface area contributed by atoms with E-state index in [0.717, 1.165) is 6.54 Å². The third kappa shape index (κ3) is 1.71. The summed E-state index contributed by atoms with van der Waals surface area (Å²) in [5.74, 6) is 0. The molecule has 1 nitrogen and oxygen atoms in total.